The summed E-state index contributed by atoms with van der Waals surface area (Å²) in [4.78, 5) is 29.4. The molecule has 1 aromatic heterocycles. The number of carbonyl (C=O) groups excluding carboxylic acids is 2. The number of oxazole rings is 1. The molecule has 0 unspecified atom stereocenters. The van der Waals surface area contributed by atoms with Crippen molar-refractivity contribution in [1.82, 2.24) is 9.88 Å². The molecule has 6 heteroatoms. The van der Waals surface area contributed by atoms with Gasteiger partial charge in [0.1, 0.15) is 0 Å². The third-order valence-corrected chi connectivity index (χ3v) is 3.34. The van der Waals surface area contributed by atoms with Crippen molar-refractivity contribution in [1.29, 1.82) is 0 Å². The maximum Gasteiger partial charge on any atom is 0.309 e. The van der Waals surface area contributed by atoms with Crippen LogP contribution in [0.4, 0.5) is 0 Å². The molecular weight excluding hydrogens is 248 g/mol. The molecule has 0 aliphatic carbocycles. The van der Waals surface area contributed by atoms with Crippen molar-refractivity contribution in [3.05, 3.63) is 17.8 Å². The van der Waals surface area contributed by atoms with E-state index in [1.807, 2.05) is 0 Å². The van der Waals surface area contributed by atoms with Gasteiger partial charge in [0.2, 0.25) is 5.76 Å². The monoisotopic (exact) mass is 266 g/mol. The molecule has 1 fully saturated rings. The van der Waals surface area contributed by atoms with Crippen molar-refractivity contribution in [2.75, 3.05) is 19.7 Å². The number of amides is 1. The number of carbonyl (C=O) groups is 2. The Labute approximate surface area is 111 Å². The van der Waals surface area contributed by atoms with Crippen LogP contribution in [-0.4, -0.2) is 41.5 Å². The molecule has 0 atom stereocenters. The summed E-state index contributed by atoms with van der Waals surface area (Å²) in [5.74, 6) is -0.128. The summed E-state index contributed by atoms with van der Waals surface area (Å²) in [7, 11) is 0. The molecule has 0 aromatic carbocycles. The molecule has 0 radical (unpaired) electrons. The highest BCUT2D eigenvalue weighted by Crippen LogP contribution is 2.21. The lowest BCUT2D eigenvalue weighted by atomic mass is 9.97. The lowest BCUT2D eigenvalue weighted by molar-refractivity contribution is -0.149. The summed E-state index contributed by atoms with van der Waals surface area (Å²) in [6.45, 7) is 5.02. The van der Waals surface area contributed by atoms with E-state index in [4.69, 9.17) is 9.15 Å². The van der Waals surface area contributed by atoms with Gasteiger partial charge < -0.3 is 14.1 Å². The number of nitrogens with zero attached hydrogens (tertiary/aromatic N) is 2. The number of ether oxygens (including phenoxy) is 1. The Morgan fingerprint density at radius 1 is 1.47 bits per heavy atom. The lowest BCUT2D eigenvalue weighted by Gasteiger charge is -2.30. The van der Waals surface area contributed by atoms with Crippen molar-refractivity contribution in [2.24, 2.45) is 5.92 Å². The van der Waals surface area contributed by atoms with E-state index >= 15 is 0 Å². The van der Waals surface area contributed by atoms with E-state index in [-0.39, 0.29) is 23.6 Å². The van der Waals surface area contributed by atoms with Gasteiger partial charge in [-0.05, 0) is 26.7 Å². The van der Waals surface area contributed by atoms with Gasteiger partial charge in [0.25, 0.3) is 5.91 Å². The Morgan fingerprint density at radius 2 is 2.16 bits per heavy atom. The summed E-state index contributed by atoms with van der Waals surface area (Å²) in [5.41, 5.74) is 0.595. The molecule has 0 saturated carbocycles. The Morgan fingerprint density at radius 3 is 2.68 bits per heavy atom. The maximum absolute atomic E-state index is 12.2. The van der Waals surface area contributed by atoms with Crippen LogP contribution >= 0.6 is 0 Å². The van der Waals surface area contributed by atoms with Crippen LogP contribution in [0.25, 0.3) is 0 Å². The summed E-state index contributed by atoms with van der Waals surface area (Å²) in [6, 6.07) is 0. The fourth-order valence-electron chi connectivity index (χ4n) is 2.23. The predicted octanol–water partition coefficient (Wildman–Crippen LogP) is 1.40. The third kappa shape index (κ3) is 2.94. The zero-order valence-corrected chi connectivity index (χ0v) is 11.2. The maximum atomic E-state index is 12.2. The van der Waals surface area contributed by atoms with Crippen LogP contribution < -0.4 is 0 Å². The minimum atomic E-state index is -0.162. The highest BCUT2D eigenvalue weighted by Gasteiger charge is 2.30. The number of rotatable bonds is 3. The molecule has 0 N–H and O–H groups in total. The minimum absolute atomic E-state index is 0.0974. The zero-order valence-electron chi connectivity index (χ0n) is 11.2. The van der Waals surface area contributed by atoms with E-state index in [9.17, 15) is 9.59 Å². The van der Waals surface area contributed by atoms with Crippen LogP contribution in [0.5, 0.6) is 0 Å². The molecule has 2 rings (SSSR count). The zero-order chi connectivity index (χ0) is 13.8. The summed E-state index contributed by atoms with van der Waals surface area (Å²) >= 11 is 0. The standard InChI is InChI=1S/C13H18N2O4/c1-3-18-13(17)10-4-6-15(7-5-10)12(16)11-9(2)14-8-19-11/h8,10H,3-7H2,1-2H3. The second-order valence-corrected chi connectivity index (χ2v) is 4.59. The number of esters is 1. The van der Waals surface area contributed by atoms with Gasteiger partial charge in [-0.15, -0.1) is 0 Å². The SMILES string of the molecule is CCOC(=O)C1CCN(C(=O)c2ocnc2C)CC1. The van der Waals surface area contributed by atoms with E-state index < -0.39 is 0 Å². The van der Waals surface area contributed by atoms with Gasteiger partial charge in [-0.2, -0.15) is 0 Å². The van der Waals surface area contributed by atoms with Crippen LogP contribution in [0.15, 0.2) is 10.8 Å². The largest absolute Gasteiger partial charge is 0.466 e. The molecule has 19 heavy (non-hydrogen) atoms. The van der Waals surface area contributed by atoms with Crippen LogP contribution in [0, 0.1) is 12.8 Å². The average molecular weight is 266 g/mol. The van der Waals surface area contributed by atoms with Crippen molar-refractivity contribution < 1.29 is 18.7 Å². The van der Waals surface area contributed by atoms with Gasteiger partial charge in [-0.25, -0.2) is 4.98 Å². The van der Waals surface area contributed by atoms with Gasteiger partial charge in [0.05, 0.1) is 18.2 Å². The highest BCUT2D eigenvalue weighted by atomic mass is 16.5. The van der Waals surface area contributed by atoms with E-state index in [1.54, 1.807) is 18.7 Å². The minimum Gasteiger partial charge on any atom is -0.466 e. The first kappa shape index (κ1) is 13.6. The Balaban J connectivity index is 1.92. The van der Waals surface area contributed by atoms with Crippen molar-refractivity contribution in [3.8, 4) is 0 Å². The number of hydrogen-bond donors (Lipinski definition) is 0. The van der Waals surface area contributed by atoms with Gasteiger partial charge in [-0.1, -0.05) is 0 Å². The van der Waals surface area contributed by atoms with Gasteiger partial charge in [-0.3, -0.25) is 9.59 Å². The van der Waals surface area contributed by atoms with Crippen LogP contribution in [0.1, 0.15) is 36.0 Å². The molecule has 2 heterocycles. The van der Waals surface area contributed by atoms with Crippen LogP contribution in [0.2, 0.25) is 0 Å². The van der Waals surface area contributed by atoms with Crippen molar-refractivity contribution in [2.45, 2.75) is 26.7 Å². The molecule has 6 nitrogen and oxygen atoms in total. The van der Waals surface area contributed by atoms with E-state index in [1.165, 1.54) is 6.39 Å². The lowest BCUT2D eigenvalue weighted by Crippen LogP contribution is -2.40. The Hall–Kier alpha value is -1.85. The molecule has 1 aliphatic rings. The van der Waals surface area contributed by atoms with E-state index in [2.05, 4.69) is 4.98 Å². The van der Waals surface area contributed by atoms with E-state index in [0.717, 1.165) is 0 Å². The van der Waals surface area contributed by atoms with Crippen molar-refractivity contribution in [3.63, 3.8) is 0 Å². The third-order valence-electron chi connectivity index (χ3n) is 3.34. The van der Waals surface area contributed by atoms with Gasteiger partial charge in [0, 0.05) is 13.1 Å². The topological polar surface area (TPSA) is 72.6 Å². The molecular formula is C13H18N2O4. The number of piperidine rings is 1. The smallest absolute Gasteiger partial charge is 0.309 e. The second kappa shape index (κ2) is 5.86. The fourth-order valence-corrected chi connectivity index (χ4v) is 2.23. The fraction of sp³-hybridized carbons (Fsp3) is 0.615. The molecule has 104 valence electrons. The van der Waals surface area contributed by atoms with Crippen molar-refractivity contribution >= 4 is 11.9 Å². The second-order valence-electron chi connectivity index (χ2n) is 4.59. The summed E-state index contributed by atoms with van der Waals surface area (Å²) in [5, 5.41) is 0. The first-order valence-corrected chi connectivity index (χ1v) is 6.49. The molecule has 1 aliphatic heterocycles. The first-order chi connectivity index (χ1) is 9.13. The molecule has 0 bridgehead atoms. The van der Waals surface area contributed by atoms with Gasteiger partial charge in [0.15, 0.2) is 6.39 Å². The number of hydrogen-bond acceptors (Lipinski definition) is 5. The molecule has 1 saturated heterocycles. The van der Waals surface area contributed by atoms with E-state index in [0.29, 0.717) is 38.2 Å². The Kier molecular flexibility index (Phi) is 4.19. The normalized spacial score (nSPS) is 16.4. The quantitative estimate of drug-likeness (QED) is 0.773. The summed E-state index contributed by atoms with van der Waals surface area (Å²) in [6.07, 6.45) is 2.55. The number of aryl methyl sites for hydroxylation is 1. The van der Waals surface area contributed by atoms with Crippen LogP contribution in [-0.2, 0) is 9.53 Å². The predicted molar refractivity (Wildman–Crippen MR) is 66.5 cm³/mol. The summed E-state index contributed by atoms with van der Waals surface area (Å²) < 4.78 is 10.1. The first-order valence-electron chi connectivity index (χ1n) is 6.49. The number of likely N-dealkylation sites (tertiary alicyclic amines) is 1. The van der Waals surface area contributed by atoms with Gasteiger partial charge >= 0.3 is 5.97 Å². The average Bonchev–Trinajstić information content (AvgIpc) is 2.84. The molecule has 0 spiro atoms. The highest BCUT2D eigenvalue weighted by molar-refractivity contribution is 5.92. The Bertz CT molecular complexity index is 461. The number of aromatic nitrogens is 1. The molecule has 1 aromatic rings. The molecule has 1 amide bonds. The van der Waals surface area contributed by atoms with Crippen LogP contribution in [0.3, 0.4) is 0 Å².